The van der Waals surface area contributed by atoms with Gasteiger partial charge in [0.05, 0.1) is 16.7 Å². The molecule has 0 saturated carbocycles. The van der Waals surface area contributed by atoms with Gasteiger partial charge in [0.2, 0.25) is 11.6 Å². The summed E-state index contributed by atoms with van der Waals surface area (Å²) in [6, 6.07) is 12.4. The maximum Gasteiger partial charge on any atom is 0.210 e. The van der Waals surface area contributed by atoms with Crippen molar-refractivity contribution in [1.82, 2.24) is 10.3 Å². The SMILES string of the molecule is O=C1C(Br)=C(NCc2ccccn2)C(=O)c2ccccc21. The molecule has 1 aromatic carbocycles. The molecule has 0 bridgehead atoms. The summed E-state index contributed by atoms with van der Waals surface area (Å²) in [5.41, 5.74) is 1.93. The molecule has 1 aliphatic carbocycles. The highest BCUT2D eigenvalue weighted by Crippen LogP contribution is 2.28. The Morgan fingerprint density at radius 3 is 2.29 bits per heavy atom. The molecule has 0 fully saturated rings. The van der Waals surface area contributed by atoms with Gasteiger partial charge in [0.25, 0.3) is 0 Å². The Morgan fingerprint density at radius 1 is 0.952 bits per heavy atom. The predicted octanol–water partition coefficient (Wildman–Crippen LogP) is 2.86. The lowest BCUT2D eigenvalue weighted by Gasteiger charge is -2.18. The molecule has 1 heterocycles. The van der Waals surface area contributed by atoms with E-state index in [-0.39, 0.29) is 21.7 Å². The second-order valence-electron chi connectivity index (χ2n) is 4.57. The lowest BCUT2D eigenvalue weighted by atomic mass is 9.92. The Hall–Kier alpha value is -2.27. The van der Waals surface area contributed by atoms with Crippen LogP contribution in [0.3, 0.4) is 0 Å². The zero-order chi connectivity index (χ0) is 14.8. The third-order valence-corrected chi connectivity index (χ3v) is 3.99. The van der Waals surface area contributed by atoms with E-state index >= 15 is 0 Å². The molecule has 4 nitrogen and oxygen atoms in total. The summed E-state index contributed by atoms with van der Waals surface area (Å²) in [6.07, 6.45) is 1.68. The van der Waals surface area contributed by atoms with Gasteiger partial charge in [-0.3, -0.25) is 14.6 Å². The number of aromatic nitrogens is 1. The maximum atomic E-state index is 12.5. The standard InChI is InChI=1S/C16H11BrN2O2/c17-13-14(19-9-10-5-3-4-8-18-10)16(21)12-7-2-1-6-11(12)15(13)20/h1-8,19H,9H2. The first-order valence-corrected chi connectivity index (χ1v) is 7.20. The van der Waals surface area contributed by atoms with E-state index in [4.69, 9.17) is 0 Å². The molecular weight excluding hydrogens is 332 g/mol. The van der Waals surface area contributed by atoms with Crippen LogP contribution in [-0.4, -0.2) is 16.6 Å². The van der Waals surface area contributed by atoms with Crippen LogP contribution in [-0.2, 0) is 6.54 Å². The summed E-state index contributed by atoms with van der Waals surface area (Å²) in [7, 11) is 0. The molecule has 0 aliphatic heterocycles. The number of rotatable bonds is 3. The minimum atomic E-state index is -0.187. The number of benzene rings is 1. The number of halogens is 1. The molecule has 1 aromatic heterocycles. The van der Waals surface area contributed by atoms with Crippen LogP contribution in [0.25, 0.3) is 0 Å². The van der Waals surface area contributed by atoms with E-state index in [1.165, 1.54) is 0 Å². The molecule has 21 heavy (non-hydrogen) atoms. The summed E-state index contributed by atoms with van der Waals surface area (Å²) in [6.45, 7) is 0.381. The fourth-order valence-electron chi connectivity index (χ4n) is 2.18. The van der Waals surface area contributed by atoms with Crippen LogP contribution in [0.4, 0.5) is 0 Å². The van der Waals surface area contributed by atoms with Crippen LogP contribution in [0.2, 0.25) is 0 Å². The minimum Gasteiger partial charge on any atom is -0.375 e. The minimum absolute atomic E-state index is 0.186. The van der Waals surface area contributed by atoms with Crippen molar-refractivity contribution in [2.45, 2.75) is 6.54 Å². The molecule has 0 spiro atoms. The van der Waals surface area contributed by atoms with Crippen molar-refractivity contribution >= 4 is 27.5 Å². The van der Waals surface area contributed by atoms with E-state index in [9.17, 15) is 9.59 Å². The van der Waals surface area contributed by atoms with Gasteiger partial charge in [0.1, 0.15) is 5.70 Å². The van der Waals surface area contributed by atoms with Crippen molar-refractivity contribution in [3.63, 3.8) is 0 Å². The van der Waals surface area contributed by atoms with Crippen LogP contribution in [0.15, 0.2) is 58.8 Å². The highest BCUT2D eigenvalue weighted by Gasteiger charge is 2.30. The third-order valence-electron chi connectivity index (χ3n) is 3.23. The van der Waals surface area contributed by atoms with Gasteiger partial charge >= 0.3 is 0 Å². The van der Waals surface area contributed by atoms with Gasteiger partial charge in [0.15, 0.2) is 0 Å². The quantitative estimate of drug-likeness (QED) is 0.931. The Balaban J connectivity index is 1.90. The number of carbonyl (C=O) groups is 2. The van der Waals surface area contributed by atoms with Gasteiger partial charge in [-0.1, -0.05) is 30.3 Å². The zero-order valence-electron chi connectivity index (χ0n) is 11.0. The number of ketones is 2. The Bertz CT molecular complexity index is 754. The number of carbonyl (C=O) groups excluding carboxylic acids is 2. The lowest BCUT2D eigenvalue weighted by molar-refractivity contribution is 0.0975. The number of nitrogens with zero attached hydrogens (tertiary/aromatic N) is 1. The molecule has 1 N–H and O–H groups in total. The summed E-state index contributed by atoms with van der Waals surface area (Å²) in [5, 5.41) is 3.01. The number of pyridine rings is 1. The molecule has 1 aliphatic rings. The van der Waals surface area contributed by atoms with Crippen molar-refractivity contribution in [2.24, 2.45) is 0 Å². The smallest absolute Gasteiger partial charge is 0.210 e. The summed E-state index contributed by atoms with van der Waals surface area (Å²) >= 11 is 3.23. The average molecular weight is 343 g/mol. The van der Waals surface area contributed by atoms with Gasteiger partial charge in [-0.2, -0.15) is 0 Å². The number of hydrogen-bond acceptors (Lipinski definition) is 4. The van der Waals surface area contributed by atoms with E-state index in [0.29, 0.717) is 17.7 Å². The molecule has 104 valence electrons. The number of fused-ring (bicyclic) bond motifs is 1. The number of hydrogen-bond donors (Lipinski definition) is 1. The monoisotopic (exact) mass is 342 g/mol. The summed E-state index contributed by atoms with van der Waals surface area (Å²) < 4.78 is 0.266. The van der Waals surface area contributed by atoms with Gasteiger partial charge in [-0.25, -0.2) is 0 Å². The number of allylic oxidation sites excluding steroid dienone is 2. The van der Waals surface area contributed by atoms with Gasteiger partial charge in [0, 0.05) is 17.3 Å². The number of nitrogens with one attached hydrogen (secondary N) is 1. The van der Waals surface area contributed by atoms with Gasteiger partial charge in [-0.05, 0) is 28.1 Å². The van der Waals surface area contributed by atoms with Gasteiger partial charge < -0.3 is 5.32 Å². The zero-order valence-corrected chi connectivity index (χ0v) is 12.6. The Morgan fingerprint density at radius 2 is 1.62 bits per heavy atom. The van der Waals surface area contributed by atoms with E-state index in [1.54, 1.807) is 30.5 Å². The van der Waals surface area contributed by atoms with Crippen LogP contribution in [0.1, 0.15) is 26.4 Å². The summed E-state index contributed by atoms with van der Waals surface area (Å²) in [4.78, 5) is 28.9. The second-order valence-corrected chi connectivity index (χ2v) is 5.36. The number of Topliss-reactive ketones (excluding diaryl/α,β-unsaturated/α-hetero) is 2. The third kappa shape index (κ3) is 2.52. The molecule has 0 radical (unpaired) electrons. The molecule has 2 aromatic rings. The summed E-state index contributed by atoms with van der Waals surface area (Å²) in [5.74, 6) is -0.373. The normalized spacial score (nSPS) is 14.1. The van der Waals surface area contributed by atoms with E-state index < -0.39 is 0 Å². The fourth-order valence-corrected chi connectivity index (χ4v) is 2.72. The largest absolute Gasteiger partial charge is 0.375 e. The first kappa shape index (κ1) is 13.7. The van der Waals surface area contributed by atoms with E-state index in [2.05, 4.69) is 26.2 Å². The second kappa shape index (κ2) is 5.61. The topological polar surface area (TPSA) is 59.1 Å². The van der Waals surface area contributed by atoms with Crippen molar-refractivity contribution in [3.8, 4) is 0 Å². The van der Waals surface area contributed by atoms with Crippen molar-refractivity contribution in [1.29, 1.82) is 0 Å². The van der Waals surface area contributed by atoms with Gasteiger partial charge in [-0.15, -0.1) is 0 Å². The lowest BCUT2D eigenvalue weighted by Crippen LogP contribution is -2.28. The molecule has 0 amide bonds. The van der Waals surface area contributed by atoms with Crippen LogP contribution in [0, 0.1) is 0 Å². The first-order chi connectivity index (χ1) is 10.2. The molecule has 3 rings (SSSR count). The van der Waals surface area contributed by atoms with Crippen molar-refractivity contribution < 1.29 is 9.59 Å². The average Bonchev–Trinajstić information content (AvgIpc) is 2.54. The predicted molar refractivity (Wildman–Crippen MR) is 82.1 cm³/mol. The molecular formula is C16H11BrN2O2. The molecule has 0 saturated heterocycles. The van der Waals surface area contributed by atoms with Crippen molar-refractivity contribution in [2.75, 3.05) is 0 Å². The fraction of sp³-hybridized carbons (Fsp3) is 0.0625. The molecule has 5 heteroatoms. The van der Waals surface area contributed by atoms with Crippen LogP contribution < -0.4 is 5.32 Å². The highest BCUT2D eigenvalue weighted by atomic mass is 79.9. The van der Waals surface area contributed by atoms with Crippen LogP contribution >= 0.6 is 15.9 Å². The first-order valence-electron chi connectivity index (χ1n) is 6.40. The van der Waals surface area contributed by atoms with Crippen molar-refractivity contribution in [3.05, 3.63) is 75.7 Å². The highest BCUT2D eigenvalue weighted by molar-refractivity contribution is 9.12. The molecule has 0 unspecified atom stereocenters. The maximum absolute atomic E-state index is 12.5. The van der Waals surface area contributed by atoms with E-state index in [0.717, 1.165) is 5.69 Å². The Kier molecular flexibility index (Phi) is 3.66. The molecule has 0 atom stereocenters. The van der Waals surface area contributed by atoms with Crippen LogP contribution in [0.5, 0.6) is 0 Å². The van der Waals surface area contributed by atoms with E-state index in [1.807, 2.05) is 18.2 Å². The Labute approximate surface area is 130 Å².